The molecular formula is C84H51BN4S2. The number of benzene rings is 14. The van der Waals surface area contributed by atoms with Gasteiger partial charge in [-0.05, 0) is 130 Å². The van der Waals surface area contributed by atoms with E-state index in [-0.39, 0.29) is 6.71 Å². The predicted molar refractivity (Wildman–Crippen MR) is 391 cm³/mol. The molecule has 0 atom stereocenters. The first-order valence-corrected chi connectivity index (χ1v) is 32.9. The van der Waals surface area contributed by atoms with Crippen LogP contribution in [0.25, 0.3) is 129 Å². The van der Waals surface area contributed by atoms with Crippen LogP contribution in [0.4, 0.5) is 34.1 Å². The maximum atomic E-state index is 2.66. The second kappa shape index (κ2) is 19.6. The summed E-state index contributed by atoms with van der Waals surface area (Å²) in [5.41, 5.74) is 24.4. The molecule has 91 heavy (non-hydrogen) atoms. The predicted octanol–water partition coefficient (Wildman–Crippen LogP) is 21.7. The van der Waals surface area contributed by atoms with Gasteiger partial charge in [0.15, 0.2) is 0 Å². The number of thiophene rings is 2. The molecule has 0 saturated heterocycles. The van der Waals surface area contributed by atoms with Crippen LogP contribution in [0.2, 0.25) is 0 Å². The lowest BCUT2D eigenvalue weighted by Gasteiger charge is -2.45. The third-order valence-corrected chi connectivity index (χ3v) is 21.7. The molecule has 0 bridgehead atoms. The molecule has 20 rings (SSSR count). The van der Waals surface area contributed by atoms with Crippen LogP contribution in [0.5, 0.6) is 0 Å². The van der Waals surface area contributed by atoms with E-state index in [0.29, 0.717) is 0 Å². The minimum Gasteiger partial charge on any atom is -0.311 e. The largest absolute Gasteiger partial charge is 0.311 e. The minimum absolute atomic E-state index is 0.169. The minimum atomic E-state index is -0.169. The van der Waals surface area contributed by atoms with E-state index in [2.05, 4.69) is 328 Å². The number of anilines is 6. The standard InChI is InChI=1S/C84H51BN4S2/c1-3-24-52(25-4-1)55-28-7-15-36-67(55)88-75-48-63-61-34-13-21-44-79(61)90-81(63)50-65(75)85-66-51-82-64(62-35-14-22-45-80(62)91-82)49-76(66)89(68-37-16-8-29-56(68)53-26-5-2-6-27-53)78-47-54(46-77(88)84(78)85)83-73(86-69-38-17-9-30-57(69)58-31-10-18-39-70(58)86)42-23-43-74(83)87-71-40-19-11-32-59(71)60-33-12-20-41-72(60)87/h1-51H. The number of rotatable bonds is 7. The van der Waals surface area contributed by atoms with E-state index in [1.165, 1.54) is 89.7 Å². The molecule has 18 aromatic rings. The molecule has 0 radical (unpaired) electrons. The average Bonchev–Trinajstić information content (AvgIpc) is 1.56. The van der Waals surface area contributed by atoms with Gasteiger partial charge in [-0.15, -0.1) is 22.7 Å². The van der Waals surface area contributed by atoms with E-state index in [0.717, 1.165) is 89.6 Å². The van der Waals surface area contributed by atoms with Crippen LogP contribution in [0.15, 0.2) is 309 Å². The van der Waals surface area contributed by atoms with E-state index < -0.39 is 0 Å². The topological polar surface area (TPSA) is 16.3 Å². The van der Waals surface area contributed by atoms with Crippen LogP contribution in [0.1, 0.15) is 0 Å². The lowest BCUT2D eigenvalue weighted by Crippen LogP contribution is -2.61. The Bertz CT molecular complexity index is 5600. The SMILES string of the molecule is c1ccc(-c2ccccc2N2c3cc4c(cc3B3c5cc6sc7ccccc7c6cc5N(c5ccccc5-c5ccccc5)c5cc(-c6c(-n7c8ccccc8c8ccccc87)cccc6-n6c7ccccc7c7ccccc76)cc2c53)sc2ccccc24)cc1. The Morgan fingerprint density at radius 1 is 0.231 bits per heavy atom. The summed E-state index contributed by atoms with van der Waals surface area (Å²) >= 11 is 3.81. The summed E-state index contributed by atoms with van der Waals surface area (Å²) in [7, 11) is 0. The van der Waals surface area contributed by atoms with Gasteiger partial charge in [0, 0.05) is 101 Å². The molecule has 6 heterocycles. The lowest BCUT2D eigenvalue weighted by molar-refractivity contribution is 1.14. The number of hydrogen-bond donors (Lipinski definition) is 0. The van der Waals surface area contributed by atoms with Crippen molar-refractivity contribution in [2.24, 2.45) is 0 Å². The molecule has 7 heteroatoms. The molecule has 2 aliphatic heterocycles. The van der Waals surface area contributed by atoms with Gasteiger partial charge in [-0.25, -0.2) is 0 Å². The molecule has 0 amide bonds. The summed E-state index contributed by atoms with van der Waals surface area (Å²) in [6, 6.07) is 116. The van der Waals surface area contributed by atoms with Crippen molar-refractivity contribution in [3.8, 4) is 44.8 Å². The maximum absolute atomic E-state index is 2.66. The van der Waals surface area contributed by atoms with Crippen LogP contribution in [-0.2, 0) is 0 Å². The first-order valence-electron chi connectivity index (χ1n) is 31.3. The molecule has 14 aromatic carbocycles. The zero-order chi connectivity index (χ0) is 59.4. The van der Waals surface area contributed by atoms with Crippen molar-refractivity contribution >= 4 is 164 Å². The van der Waals surface area contributed by atoms with Crippen LogP contribution >= 0.6 is 22.7 Å². The second-order valence-electron chi connectivity index (χ2n) is 24.2. The number of hydrogen-bond acceptors (Lipinski definition) is 4. The van der Waals surface area contributed by atoms with Crippen LogP contribution < -0.4 is 26.2 Å². The third-order valence-electron chi connectivity index (χ3n) is 19.5. The summed E-state index contributed by atoms with van der Waals surface area (Å²) in [6.07, 6.45) is 0. The van der Waals surface area contributed by atoms with Gasteiger partial charge in [-0.3, -0.25) is 0 Å². The van der Waals surface area contributed by atoms with E-state index >= 15 is 0 Å². The molecule has 0 saturated carbocycles. The first-order chi connectivity index (χ1) is 45.2. The van der Waals surface area contributed by atoms with Crippen molar-refractivity contribution in [3.05, 3.63) is 309 Å². The van der Waals surface area contributed by atoms with Gasteiger partial charge in [-0.2, -0.15) is 0 Å². The quantitative estimate of drug-likeness (QED) is 0.148. The molecule has 422 valence electrons. The van der Waals surface area contributed by atoms with Gasteiger partial charge in [0.05, 0.1) is 44.8 Å². The number of para-hydroxylation sites is 6. The highest BCUT2D eigenvalue weighted by molar-refractivity contribution is 7.26. The van der Waals surface area contributed by atoms with Crippen molar-refractivity contribution < 1.29 is 0 Å². The molecular weight excluding hydrogens is 1140 g/mol. The lowest BCUT2D eigenvalue weighted by atomic mass is 9.33. The Hall–Kier alpha value is -11.2. The fourth-order valence-electron chi connectivity index (χ4n) is 15.7. The van der Waals surface area contributed by atoms with Gasteiger partial charge < -0.3 is 18.9 Å². The molecule has 2 aliphatic rings. The molecule has 4 aromatic heterocycles. The van der Waals surface area contributed by atoms with Gasteiger partial charge in [0.25, 0.3) is 6.71 Å². The molecule has 0 N–H and O–H groups in total. The van der Waals surface area contributed by atoms with Gasteiger partial charge in [-0.1, -0.05) is 212 Å². The molecule has 0 spiro atoms. The van der Waals surface area contributed by atoms with E-state index in [1.807, 2.05) is 22.7 Å². The molecule has 0 fully saturated rings. The Balaban J connectivity index is 1.00. The zero-order valence-electron chi connectivity index (χ0n) is 49.1. The summed E-state index contributed by atoms with van der Waals surface area (Å²) < 4.78 is 10.2. The fraction of sp³-hybridized carbons (Fsp3) is 0. The van der Waals surface area contributed by atoms with Gasteiger partial charge in [0.1, 0.15) is 0 Å². The highest BCUT2D eigenvalue weighted by atomic mass is 32.1. The van der Waals surface area contributed by atoms with Crippen LogP contribution in [0.3, 0.4) is 0 Å². The third kappa shape index (κ3) is 7.39. The Labute approximate surface area is 533 Å². The van der Waals surface area contributed by atoms with Crippen LogP contribution in [-0.4, -0.2) is 15.8 Å². The number of nitrogens with zero attached hydrogens (tertiary/aromatic N) is 4. The van der Waals surface area contributed by atoms with Gasteiger partial charge >= 0.3 is 0 Å². The average molecular weight is 1190 g/mol. The van der Waals surface area contributed by atoms with E-state index in [9.17, 15) is 0 Å². The smallest absolute Gasteiger partial charge is 0.252 e. The summed E-state index contributed by atoms with van der Waals surface area (Å²) in [6.45, 7) is -0.169. The molecule has 0 unspecified atom stereocenters. The van der Waals surface area contributed by atoms with E-state index in [4.69, 9.17) is 0 Å². The van der Waals surface area contributed by atoms with Gasteiger partial charge in [0.2, 0.25) is 0 Å². The summed E-state index contributed by atoms with van der Waals surface area (Å²) in [4.78, 5) is 5.33. The van der Waals surface area contributed by atoms with Crippen molar-refractivity contribution in [1.29, 1.82) is 0 Å². The monoisotopic (exact) mass is 1190 g/mol. The highest BCUT2D eigenvalue weighted by Gasteiger charge is 2.45. The van der Waals surface area contributed by atoms with Crippen molar-refractivity contribution in [2.45, 2.75) is 0 Å². The Morgan fingerprint density at radius 3 is 1.01 bits per heavy atom. The second-order valence-corrected chi connectivity index (χ2v) is 26.4. The molecule has 4 nitrogen and oxygen atoms in total. The normalized spacial score (nSPS) is 12.8. The number of aromatic nitrogens is 2. The molecule has 0 aliphatic carbocycles. The van der Waals surface area contributed by atoms with Crippen LogP contribution in [0, 0.1) is 0 Å². The van der Waals surface area contributed by atoms with Crippen molar-refractivity contribution in [3.63, 3.8) is 0 Å². The summed E-state index contributed by atoms with van der Waals surface area (Å²) in [5.74, 6) is 0. The van der Waals surface area contributed by atoms with Crippen molar-refractivity contribution in [2.75, 3.05) is 9.80 Å². The Kier molecular flexibility index (Phi) is 11.0. The highest BCUT2D eigenvalue weighted by Crippen LogP contribution is 2.53. The maximum Gasteiger partial charge on any atom is 0.252 e. The van der Waals surface area contributed by atoms with Crippen molar-refractivity contribution in [1.82, 2.24) is 9.13 Å². The van der Waals surface area contributed by atoms with E-state index in [1.54, 1.807) is 0 Å². The number of fused-ring (bicyclic) bond motifs is 16. The summed E-state index contributed by atoms with van der Waals surface area (Å²) in [5, 5.41) is 9.95. The Morgan fingerprint density at radius 2 is 0.582 bits per heavy atom. The zero-order valence-corrected chi connectivity index (χ0v) is 50.8. The fourth-order valence-corrected chi connectivity index (χ4v) is 18.0. The first kappa shape index (κ1) is 50.7.